The predicted molar refractivity (Wildman–Crippen MR) is 138 cm³/mol. The van der Waals surface area contributed by atoms with Crippen molar-refractivity contribution in [3.8, 4) is 11.5 Å². The van der Waals surface area contributed by atoms with E-state index in [0.717, 1.165) is 11.1 Å². The summed E-state index contributed by atoms with van der Waals surface area (Å²) in [5, 5.41) is 0. The number of fused-ring (bicyclic) bond motifs is 1. The maximum absolute atomic E-state index is 13.1. The summed E-state index contributed by atoms with van der Waals surface area (Å²) in [6.07, 6.45) is 2.71. The van der Waals surface area contributed by atoms with E-state index >= 15 is 0 Å². The molecule has 0 saturated carbocycles. The number of hydrogen-bond donors (Lipinski definition) is 0. The number of benzene rings is 2. The van der Waals surface area contributed by atoms with Gasteiger partial charge in [0.05, 0.1) is 4.91 Å². The second-order valence-electron chi connectivity index (χ2n) is 9.19. The Kier molecular flexibility index (Phi) is 7.28. The van der Waals surface area contributed by atoms with Gasteiger partial charge in [0.2, 0.25) is 12.7 Å². The van der Waals surface area contributed by atoms with Gasteiger partial charge in [0, 0.05) is 25.0 Å². The Morgan fingerprint density at radius 3 is 2.62 bits per heavy atom. The summed E-state index contributed by atoms with van der Waals surface area (Å²) in [4.78, 5) is 30.1. The van der Waals surface area contributed by atoms with Crippen LogP contribution in [-0.4, -0.2) is 44.8 Å². The number of rotatable bonds is 7. The van der Waals surface area contributed by atoms with Crippen molar-refractivity contribution in [2.24, 2.45) is 0 Å². The molecule has 2 heterocycles. The Bertz CT molecular complexity index is 1130. The molecule has 4 rings (SSSR count). The quantitative estimate of drug-likeness (QED) is 0.387. The highest BCUT2D eigenvalue weighted by Gasteiger charge is 2.32. The van der Waals surface area contributed by atoms with Crippen molar-refractivity contribution in [3.63, 3.8) is 0 Å². The van der Waals surface area contributed by atoms with Crippen LogP contribution in [-0.2, 0) is 16.1 Å². The fourth-order valence-corrected chi connectivity index (χ4v) is 5.14. The molecule has 178 valence electrons. The number of amides is 2. The molecule has 2 aromatic rings. The number of ether oxygens (including phenoxy) is 2. The summed E-state index contributed by atoms with van der Waals surface area (Å²) in [6, 6.07) is 15.5. The molecule has 0 bridgehead atoms. The zero-order chi connectivity index (χ0) is 24.3. The molecule has 2 aromatic carbocycles. The van der Waals surface area contributed by atoms with Gasteiger partial charge in [-0.15, -0.1) is 0 Å². The van der Waals surface area contributed by atoms with Crippen LogP contribution in [0.25, 0.3) is 6.08 Å². The lowest BCUT2D eigenvalue weighted by Gasteiger charge is -2.36. The number of nitrogens with zero attached hydrogens (tertiary/aromatic N) is 2. The third-order valence-electron chi connectivity index (χ3n) is 5.63. The van der Waals surface area contributed by atoms with Crippen molar-refractivity contribution in [2.45, 2.75) is 45.7 Å². The SMILES string of the molecule is CC(C)(C)N(Cc1ccccc1)C(=O)CCCN1C(=O)C(=Cc2ccc3c(c2)OCO3)SC1=S. The molecule has 0 spiro atoms. The monoisotopic (exact) mass is 496 g/mol. The fraction of sp³-hybridized carbons (Fsp3) is 0.346. The van der Waals surface area contributed by atoms with Crippen LogP contribution < -0.4 is 9.47 Å². The topological polar surface area (TPSA) is 59.1 Å². The van der Waals surface area contributed by atoms with Crippen molar-refractivity contribution in [1.29, 1.82) is 0 Å². The van der Waals surface area contributed by atoms with Crippen molar-refractivity contribution < 1.29 is 19.1 Å². The Balaban J connectivity index is 1.36. The third-order valence-corrected chi connectivity index (χ3v) is 7.01. The van der Waals surface area contributed by atoms with Crippen LogP contribution in [0.3, 0.4) is 0 Å². The predicted octanol–water partition coefficient (Wildman–Crippen LogP) is 5.22. The van der Waals surface area contributed by atoms with Crippen molar-refractivity contribution in [1.82, 2.24) is 9.80 Å². The van der Waals surface area contributed by atoms with Crippen LogP contribution in [0.1, 0.15) is 44.7 Å². The van der Waals surface area contributed by atoms with Crippen molar-refractivity contribution in [3.05, 3.63) is 64.6 Å². The first-order chi connectivity index (χ1) is 16.2. The lowest BCUT2D eigenvalue weighted by molar-refractivity contribution is -0.137. The molecule has 2 amide bonds. The van der Waals surface area contributed by atoms with E-state index in [1.54, 1.807) is 4.90 Å². The zero-order valence-corrected chi connectivity index (χ0v) is 21.2. The minimum Gasteiger partial charge on any atom is -0.454 e. The van der Waals surface area contributed by atoms with E-state index in [1.807, 2.05) is 80.3 Å². The van der Waals surface area contributed by atoms with Gasteiger partial charge >= 0.3 is 0 Å². The Morgan fingerprint density at radius 2 is 1.88 bits per heavy atom. The van der Waals surface area contributed by atoms with Gasteiger partial charge in [-0.05, 0) is 56.5 Å². The van der Waals surface area contributed by atoms with Crippen molar-refractivity contribution >= 4 is 46.2 Å². The summed E-state index contributed by atoms with van der Waals surface area (Å²) in [5.41, 5.74) is 1.64. The zero-order valence-electron chi connectivity index (χ0n) is 19.6. The van der Waals surface area contributed by atoms with Gasteiger partial charge < -0.3 is 14.4 Å². The summed E-state index contributed by atoms with van der Waals surface area (Å²) in [6.45, 7) is 7.29. The molecular formula is C26H28N2O4S2. The molecule has 2 aliphatic rings. The highest BCUT2D eigenvalue weighted by Crippen LogP contribution is 2.36. The first-order valence-corrected chi connectivity index (χ1v) is 12.4. The number of thiocarbonyl (C=S) groups is 1. The second-order valence-corrected chi connectivity index (χ2v) is 10.9. The molecule has 0 atom stereocenters. The van der Waals surface area contributed by atoms with E-state index in [1.165, 1.54) is 11.8 Å². The molecule has 0 aliphatic carbocycles. The van der Waals surface area contributed by atoms with E-state index in [9.17, 15) is 9.59 Å². The number of thioether (sulfide) groups is 1. The highest BCUT2D eigenvalue weighted by molar-refractivity contribution is 8.26. The minimum atomic E-state index is -0.304. The number of carbonyl (C=O) groups excluding carboxylic acids is 2. The van der Waals surface area contributed by atoms with E-state index in [0.29, 0.717) is 46.7 Å². The van der Waals surface area contributed by atoms with Crippen LogP contribution in [0.5, 0.6) is 11.5 Å². The lowest BCUT2D eigenvalue weighted by atomic mass is 10.0. The van der Waals surface area contributed by atoms with E-state index in [-0.39, 0.29) is 24.1 Å². The average Bonchev–Trinajstić information content (AvgIpc) is 3.36. The van der Waals surface area contributed by atoms with Gasteiger partial charge in [0.15, 0.2) is 11.5 Å². The minimum absolute atomic E-state index is 0.0673. The van der Waals surface area contributed by atoms with Crippen LogP contribution in [0.4, 0.5) is 0 Å². The molecule has 1 fully saturated rings. The average molecular weight is 497 g/mol. The Hall–Kier alpha value is -2.84. The molecule has 1 saturated heterocycles. The highest BCUT2D eigenvalue weighted by atomic mass is 32.2. The van der Waals surface area contributed by atoms with Crippen LogP contribution in [0, 0.1) is 0 Å². The fourth-order valence-electron chi connectivity index (χ4n) is 3.84. The van der Waals surface area contributed by atoms with Gasteiger partial charge in [-0.25, -0.2) is 0 Å². The first-order valence-electron chi connectivity index (χ1n) is 11.2. The maximum Gasteiger partial charge on any atom is 0.266 e. The van der Waals surface area contributed by atoms with Gasteiger partial charge in [0.25, 0.3) is 5.91 Å². The van der Waals surface area contributed by atoms with Crippen LogP contribution >= 0.6 is 24.0 Å². The summed E-state index contributed by atoms with van der Waals surface area (Å²) >= 11 is 6.74. The molecule has 0 N–H and O–H groups in total. The molecule has 0 unspecified atom stereocenters. The second kappa shape index (κ2) is 10.2. The van der Waals surface area contributed by atoms with Gasteiger partial charge in [-0.1, -0.05) is 60.4 Å². The van der Waals surface area contributed by atoms with Crippen molar-refractivity contribution in [2.75, 3.05) is 13.3 Å². The van der Waals surface area contributed by atoms with Crippen LogP contribution in [0.2, 0.25) is 0 Å². The van der Waals surface area contributed by atoms with E-state index in [4.69, 9.17) is 21.7 Å². The van der Waals surface area contributed by atoms with Gasteiger partial charge in [0.1, 0.15) is 4.32 Å². The normalized spacial score (nSPS) is 16.4. The molecule has 2 aliphatic heterocycles. The first kappa shape index (κ1) is 24.3. The Labute approximate surface area is 209 Å². The Morgan fingerprint density at radius 1 is 1.15 bits per heavy atom. The molecule has 34 heavy (non-hydrogen) atoms. The molecular weight excluding hydrogens is 468 g/mol. The largest absolute Gasteiger partial charge is 0.454 e. The maximum atomic E-state index is 13.1. The summed E-state index contributed by atoms with van der Waals surface area (Å²) < 4.78 is 11.3. The van der Waals surface area contributed by atoms with E-state index < -0.39 is 0 Å². The smallest absolute Gasteiger partial charge is 0.266 e. The standard InChI is InChI=1S/C26H28N2O4S2/c1-26(2,3)28(16-18-8-5-4-6-9-18)23(29)10-7-13-27-24(30)22(34-25(27)33)15-19-11-12-20-21(14-19)32-17-31-20/h4-6,8-9,11-12,14-15H,7,10,13,16-17H2,1-3H3. The lowest BCUT2D eigenvalue weighted by Crippen LogP contribution is -2.45. The molecule has 6 nitrogen and oxygen atoms in total. The molecule has 8 heteroatoms. The number of hydrogen-bond acceptors (Lipinski definition) is 6. The van der Waals surface area contributed by atoms with Crippen LogP contribution in [0.15, 0.2) is 53.4 Å². The number of carbonyl (C=O) groups is 2. The molecule has 0 radical (unpaired) electrons. The molecule has 0 aromatic heterocycles. The summed E-state index contributed by atoms with van der Waals surface area (Å²) in [7, 11) is 0. The summed E-state index contributed by atoms with van der Waals surface area (Å²) in [5.74, 6) is 1.31. The van der Waals surface area contributed by atoms with E-state index in [2.05, 4.69) is 0 Å². The third kappa shape index (κ3) is 5.62. The van der Waals surface area contributed by atoms with Gasteiger partial charge in [-0.3, -0.25) is 14.5 Å². The van der Waals surface area contributed by atoms with Gasteiger partial charge in [-0.2, -0.15) is 0 Å².